The maximum absolute atomic E-state index is 13.3. The van der Waals surface area contributed by atoms with E-state index < -0.39 is 15.8 Å². The van der Waals surface area contributed by atoms with E-state index in [1.165, 1.54) is 18.3 Å². The predicted molar refractivity (Wildman–Crippen MR) is 74.4 cm³/mol. The van der Waals surface area contributed by atoms with E-state index in [0.29, 0.717) is 17.9 Å². The number of hydrogen-bond acceptors (Lipinski definition) is 5. The molecule has 0 aliphatic rings. The van der Waals surface area contributed by atoms with Crippen molar-refractivity contribution in [3.63, 3.8) is 0 Å². The van der Waals surface area contributed by atoms with Crippen LogP contribution >= 0.6 is 0 Å². The van der Waals surface area contributed by atoms with E-state index >= 15 is 0 Å². The van der Waals surface area contributed by atoms with Crippen molar-refractivity contribution in [3.05, 3.63) is 47.4 Å². The van der Waals surface area contributed by atoms with Gasteiger partial charge < -0.3 is 9.73 Å². The van der Waals surface area contributed by atoms with Gasteiger partial charge in [-0.25, -0.2) is 22.5 Å². The number of nitrogens with one attached hydrogen (secondary N) is 2. The molecule has 1 aromatic carbocycles. The number of benzene rings is 1. The summed E-state index contributed by atoms with van der Waals surface area (Å²) in [5, 5.41) is 2.85. The van der Waals surface area contributed by atoms with Crippen LogP contribution in [0.25, 0.3) is 0 Å². The lowest BCUT2D eigenvalue weighted by atomic mass is 10.2. The standard InChI is InChI=1S/C13H16FN3O3S/c1-9-6-16-13(20-9)8-17-21(18,19)12-5-11(14)4-3-10(12)7-15-2/h3-6,15,17H,7-8H2,1-2H3. The number of oxazole rings is 1. The first kappa shape index (κ1) is 15.6. The summed E-state index contributed by atoms with van der Waals surface area (Å²) < 4.78 is 45.5. The summed E-state index contributed by atoms with van der Waals surface area (Å²) in [4.78, 5) is 3.81. The number of nitrogens with zero attached hydrogens (tertiary/aromatic N) is 1. The molecule has 6 nitrogen and oxygen atoms in total. The Hall–Kier alpha value is -1.77. The van der Waals surface area contributed by atoms with Gasteiger partial charge in [-0.15, -0.1) is 0 Å². The minimum absolute atomic E-state index is 0.0916. The minimum atomic E-state index is -3.85. The lowest BCUT2D eigenvalue weighted by Crippen LogP contribution is -2.25. The molecular weight excluding hydrogens is 297 g/mol. The smallest absolute Gasteiger partial charge is 0.241 e. The van der Waals surface area contributed by atoms with Crippen LogP contribution < -0.4 is 10.0 Å². The lowest BCUT2D eigenvalue weighted by molar-refractivity contribution is 0.463. The topological polar surface area (TPSA) is 84.2 Å². The van der Waals surface area contributed by atoms with Crippen LogP contribution in [0.3, 0.4) is 0 Å². The van der Waals surface area contributed by atoms with E-state index in [2.05, 4.69) is 15.0 Å². The first-order valence-corrected chi connectivity index (χ1v) is 7.74. The van der Waals surface area contributed by atoms with Crippen LogP contribution in [0.1, 0.15) is 17.2 Å². The molecule has 0 aliphatic carbocycles. The number of hydrogen-bond donors (Lipinski definition) is 2. The number of aromatic nitrogens is 1. The molecule has 2 aromatic rings. The molecular formula is C13H16FN3O3S. The molecule has 0 bridgehead atoms. The summed E-state index contributed by atoms with van der Waals surface area (Å²) in [5.41, 5.74) is 0.481. The summed E-state index contributed by atoms with van der Waals surface area (Å²) in [5.74, 6) is 0.232. The molecule has 0 spiro atoms. The van der Waals surface area contributed by atoms with E-state index in [9.17, 15) is 12.8 Å². The van der Waals surface area contributed by atoms with E-state index in [1.54, 1.807) is 14.0 Å². The van der Waals surface area contributed by atoms with Crippen molar-refractivity contribution in [1.82, 2.24) is 15.0 Å². The third-order valence-electron chi connectivity index (χ3n) is 2.77. The van der Waals surface area contributed by atoms with E-state index in [0.717, 1.165) is 6.07 Å². The van der Waals surface area contributed by atoms with Crippen molar-refractivity contribution in [1.29, 1.82) is 0 Å². The van der Waals surface area contributed by atoms with Crippen molar-refractivity contribution in [2.24, 2.45) is 0 Å². The molecule has 0 saturated heterocycles. The van der Waals surface area contributed by atoms with Crippen molar-refractivity contribution >= 4 is 10.0 Å². The number of aryl methyl sites for hydroxylation is 1. The summed E-state index contributed by atoms with van der Waals surface area (Å²) in [6.45, 7) is 1.93. The highest BCUT2D eigenvalue weighted by Gasteiger charge is 2.19. The van der Waals surface area contributed by atoms with Gasteiger partial charge in [-0.3, -0.25) is 0 Å². The fourth-order valence-electron chi connectivity index (χ4n) is 1.83. The molecule has 0 saturated carbocycles. The van der Waals surface area contributed by atoms with Crippen molar-refractivity contribution in [2.45, 2.75) is 24.9 Å². The molecule has 0 amide bonds. The van der Waals surface area contributed by atoms with Gasteiger partial charge in [-0.05, 0) is 31.7 Å². The van der Waals surface area contributed by atoms with Gasteiger partial charge in [0.2, 0.25) is 15.9 Å². The largest absolute Gasteiger partial charge is 0.445 e. The van der Waals surface area contributed by atoms with Gasteiger partial charge in [0.1, 0.15) is 11.6 Å². The Morgan fingerprint density at radius 1 is 1.33 bits per heavy atom. The maximum Gasteiger partial charge on any atom is 0.241 e. The van der Waals surface area contributed by atoms with Crippen LogP contribution in [-0.2, 0) is 23.1 Å². The molecule has 21 heavy (non-hydrogen) atoms. The van der Waals surface area contributed by atoms with E-state index in [-0.39, 0.29) is 17.3 Å². The van der Waals surface area contributed by atoms with Crippen molar-refractivity contribution < 1.29 is 17.2 Å². The highest BCUT2D eigenvalue weighted by atomic mass is 32.2. The van der Waals surface area contributed by atoms with Gasteiger partial charge in [-0.1, -0.05) is 6.07 Å². The first-order valence-electron chi connectivity index (χ1n) is 6.26. The molecule has 1 heterocycles. The Morgan fingerprint density at radius 3 is 2.71 bits per heavy atom. The zero-order chi connectivity index (χ0) is 15.5. The number of sulfonamides is 1. The van der Waals surface area contributed by atoms with Crippen LogP contribution in [0.2, 0.25) is 0 Å². The third-order valence-corrected chi connectivity index (χ3v) is 4.25. The maximum atomic E-state index is 13.3. The summed E-state index contributed by atoms with van der Waals surface area (Å²) in [7, 11) is -2.17. The average Bonchev–Trinajstić information content (AvgIpc) is 2.85. The van der Waals surface area contributed by atoms with Crippen LogP contribution in [0, 0.1) is 12.7 Å². The van der Waals surface area contributed by atoms with Crippen molar-refractivity contribution in [3.8, 4) is 0 Å². The minimum Gasteiger partial charge on any atom is -0.445 e. The zero-order valence-electron chi connectivity index (χ0n) is 11.7. The van der Waals surface area contributed by atoms with Gasteiger partial charge >= 0.3 is 0 Å². The number of rotatable bonds is 6. The second-order valence-corrected chi connectivity index (χ2v) is 6.21. The molecule has 0 fully saturated rings. The lowest BCUT2D eigenvalue weighted by Gasteiger charge is -2.10. The first-order chi connectivity index (χ1) is 9.92. The predicted octanol–water partition coefficient (Wildman–Crippen LogP) is 1.32. The molecule has 0 aliphatic heterocycles. The molecule has 114 valence electrons. The second kappa shape index (κ2) is 6.33. The van der Waals surface area contributed by atoms with Crippen LogP contribution in [-0.4, -0.2) is 20.4 Å². The molecule has 0 radical (unpaired) electrons. The molecule has 1 aromatic heterocycles. The van der Waals surface area contributed by atoms with Gasteiger partial charge in [0.05, 0.1) is 17.6 Å². The number of halogens is 1. The van der Waals surface area contributed by atoms with Gasteiger partial charge in [0.25, 0.3) is 0 Å². The Kier molecular flexibility index (Phi) is 4.71. The monoisotopic (exact) mass is 313 g/mol. The Morgan fingerprint density at radius 2 is 2.10 bits per heavy atom. The van der Waals surface area contributed by atoms with Gasteiger partial charge in [0.15, 0.2) is 0 Å². The quantitative estimate of drug-likeness (QED) is 0.840. The highest BCUT2D eigenvalue weighted by molar-refractivity contribution is 7.89. The fraction of sp³-hybridized carbons (Fsp3) is 0.308. The van der Waals surface area contributed by atoms with Gasteiger partial charge in [-0.2, -0.15) is 0 Å². The van der Waals surface area contributed by atoms with Crippen LogP contribution in [0.15, 0.2) is 33.7 Å². The van der Waals surface area contributed by atoms with Gasteiger partial charge in [0, 0.05) is 6.54 Å². The summed E-state index contributed by atoms with van der Waals surface area (Å²) in [6.07, 6.45) is 1.50. The summed E-state index contributed by atoms with van der Waals surface area (Å²) in [6, 6.07) is 3.66. The third kappa shape index (κ3) is 3.87. The highest BCUT2D eigenvalue weighted by Crippen LogP contribution is 2.17. The Bertz CT molecular complexity index is 728. The van der Waals surface area contributed by atoms with E-state index in [1.807, 2.05) is 0 Å². The molecule has 0 atom stereocenters. The van der Waals surface area contributed by atoms with Crippen LogP contribution in [0.5, 0.6) is 0 Å². The Labute approximate surface area is 122 Å². The molecule has 2 rings (SSSR count). The Balaban J connectivity index is 2.24. The molecule has 0 unspecified atom stereocenters. The normalized spacial score (nSPS) is 11.8. The SMILES string of the molecule is CNCc1ccc(F)cc1S(=O)(=O)NCc1ncc(C)o1. The average molecular weight is 313 g/mol. The zero-order valence-corrected chi connectivity index (χ0v) is 12.5. The summed E-state index contributed by atoms with van der Waals surface area (Å²) >= 11 is 0. The molecule has 8 heteroatoms. The van der Waals surface area contributed by atoms with Crippen LogP contribution in [0.4, 0.5) is 4.39 Å². The molecule has 2 N–H and O–H groups in total. The van der Waals surface area contributed by atoms with Crippen molar-refractivity contribution in [2.75, 3.05) is 7.05 Å². The van der Waals surface area contributed by atoms with E-state index in [4.69, 9.17) is 4.42 Å². The second-order valence-electron chi connectivity index (χ2n) is 4.47. The fourth-order valence-corrected chi connectivity index (χ4v) is 3.05.